The number of nitrogens with zero attached hydrogens (tertiary/aromatic N) is 2. The van der Waals surface area contributed by atoms with Crippen molar-refractivity contribution in [1.29, 1.82) is 0 Å². The highest BCUT2D eigenvalue weighted by atomic mass is 32.2. The van der Waals surface area contributed by atoms with Crippen LogP contribution in [0.15, 0.2) is 6.08 Å². The monoisotopic (exact) mass is 352 g/mol. The van der Waals surface area contributed by atoms with Crippen LogP contribution in [-0.4, -0.2) is 30.3 Å². The lowest BCUT2D eigenvalue weighted by Crippen LogP contribution is -2.28. The van der Waals surface area contributed by atoms with Crippen LogP contribution in [0.1, 0.15) is 43.2 Å². The molecule has 0 bridgehead atoms. The lowest BCUT2D eigenvalue weighted by atomic mass is 10.0. The molecule has 0 spiro atoms. The Morgan fingerprint density at radius 1 is 1.35 bits per heavy atom. The van der Waals surface area contributed by atoms with Gasteiger partial charge in [-0.3, -0.25) is 0 Å². The van der Waals surface area contributed by atoms with Crippen molar-refractivity contribution >= 4 is 16.2 Å². The van der Waals surface area contributed by atoms with Gasteiger partial charge in [0.05, 0.1) is 11.3 Å². The molecule has 1 saturated heterocycles. The molecule has 1 aromatic heterocycles. The molecule has 1 aromatic rings. The van der Waals surface area contributed by atoms with Gasteiger partial charge in [0.1, 0.15) is 0 Å². The van der Waals surface area contributed by atoms with E-state index in [0.717, 1.165) is 12.8 Å². The van der Waals surface area contributed by atoms with E-state index in [-0.39, 0.29) is 5.56 Å². The molecule has 23 heavy (non-hydrogen) atoms. The topological polar surface area (TPSA) is 70.4 Å². The summed E-state index contributed by atoms with van der Waals surface area (Å²) in [5, 5.41) is 3.95. The predicted molar refractivity (Wildman–Crippen MR) is 74.0 cm³/mol. The number of halogens is 3. The molecule has 10 heteroatoms. The Morgan fingerprint density at radius 2 is 2.13 bits per heavy atom. The Kier molecular flexibility index (Phi) is 4.13. The van der Waals surface area contributed by atoms with Crippen LogP contribution >= 0.6 is 0 Å². The summed E-state index contributed by atoms with van der Waals surface area (Å²) in [4.78, 5) is 0. The molecule has 1 unspecified atom stereocenters. The van der Waals surface area contributed by atoms with E-state index in [1.54, 1.807) is 6.08 Å². The maximum atomic E-state index is 12.5. The van der Waals surface area contributed by atoms with E-state index in [4.69, 9.17) is 4.74 Å². The molecule has 0 saturated carbocycles. The Labute approximate surface area is 131 Å². The van der Waals surface area contributed by atoms with Crippen molar-refractivity contribution in [3.8, 4) is 5.88 Å². The van der Waals surface area contributed by atoms with E-state index in [2.05, 4.69) is 9.28 Å². The normalized spacial score (nSPS) is 22.0. The summed E-state index contributed by atoms with van der Waals surface area (Å²) in [5.74, 6) is -0.553. The third-order valence-electron chi connectivity index (χ3n) is 3.75. The highest BCUT2D eigenvalue weighted by Crippen LogP contribution is 2.35. The van der Waals surface area contributed by atoms with Gasteiger partial charge in [0.25, 0.3) is 5.88 Å². The molecule has 3 rings (SSSR count). The maximum Gasteiger partial charge on any atom is 0.534 e. The van der Waals surface area contributed by atoms with Crippen molar-refractivity contribution in [3.63, 3.8) is 0 Å². The molecule has 0 radical (unpaired) electrons. The predicted octanol–water partition coefficient (Wildman–Crippen LogP) is 2.77. The van der Waals surface area contributed by atoms with Gasteiger partial charge in [-0.15, -0.1) is 5.10 Å². The minimum absolute atomic E-state index is 0.262. The standard InChI is InChI=1S/C13H15F3N2O4S/c14-13(15,16)23(19,20)22-12-9-5-1-2-6-10(9)18(17-12)11-7-3-4-8-21-11/h1,5,11H,2-4,6-8H2. The molecule has 1 fully saturated rings. The zero-order valence-corrected chi connectivity index (χ0v) is 12.9. The Hall–Kier alpha value is -1.55. The first-order valence-corrected chi connectivity index (χ1v) is 8.61. The van der Waals surface area contributed by atoms with Crippen LogP contribution in [0.4, 0.5) is 13.2 Å². The molecular formula is C13H15F3N2O4S. The van der Waals surface area contributed by atoms with E-state index in [1.807, 2.05) is 0 Å². The summed E-state index contributed by atoms with van der Waals surface area (Å²) in [7, 11) is -5.75. The molecule has 1 atom stereocenters. The fraction of sp³-hybridized carbons (Fsp3) is 0.615. The lowest BCUT2D eigenvalue weighted by molar-refractivity contribution is -0.0505. The lowest BCUT2D eigenvalue weighted by Gasteiger charge is -2.24. The van der Waals surface area contributed by atoms with Crippen molar-refractivity contribution in [2.75, 3.05) is 6.61 Å². The number of alkyl halides is 3. The maximum absolute atomic E-state index is 12.5. The van der Waals surface area contributed by atoms with Crippen LogP contribution in [0.3, 0.4) is 0 Å². The fourth-order valence-electron chi connectivity index (χ4n) is 2.66. The summed E-state index contributed by atoms with van der Waals surface area (Å²) in [6.07, 6.45) is 6.58. The average molecular weight is 352 g/mol. The van der Waals surface area contributed by atoms with Crippen LogP contribution in [0.2, 0.25) is 0 Å². The smallest absolute Gasteiger partial charge is 0.357 e. The van der Waals surface area contributed by atoms with Crippen LogP contribution in [0, 0.1) is 0 Å². The van der Waals surface area contributed by atoms with Gasteiger partial charge in [-0.1, -0.05) is 12.2 Å². The van der Waals surface area contributed by atoms with E-state index in [1.165, 1.54) is 10.8 Å². The molecule has 1 aliphatic heterocycles. The van der Waals surface area contributed by atoms with Crippen LogP contribution in [-0.2, 0) is 21.3 Å². The van der Waals surface area contributed by atoms with Gasteiger partial charge in [-0.05, 0) is 32.1 Å². The molecule has 128 valence electrons. The van der Waals surface area contributed by atoms with Crippen molar-refractivity contribution in [1.82, 2.24) is 9.78 Å². The van der Waals surface area contributed by atoms with E-state index < -0.39 is 27.7 Å². The van der Waals surface area contributed by atoms with Crippen LogP contribution in [0.25, 0.3) is 6.08 Å². The van der Waals surface area contributed by atoms with Crippen molar-refractivity contribution in [3.05, 3.63) is 17.3 Å². The molecule has 0 amide bonds. The molecule has 2 heterocycles. The zero-order valence-electron chi connectivity index (χ0n) is 12.0. The van der Waals surface area contributed by atoms with E-state index in [9.17, 15) is 21.6 Å². The quantitative estimate of drug-likeness (QED) is 0.618. The second-order valence-electron chi connectivity index (χ2n) is 5.36. The highest BCUT2D eigenvalue weighted by molar-refractivity contribution is 7.87. The van der Waals surface area contributed by atoms with Gasteiger partial charge in [0, 0.05) is 6.61 Å². The minimum Gasteiger partial charge on any atom is -0.357 e. The molecule has 0 aromatic carbocycles. The summed E-state index contributed by atoms with van der Waals surface area (Å²) in [5.41, 5.74) is -4.60. The largest absolute Gasteiger partial charge is 0.534 e. The zero-order chi connectivity index (χ0) is 16.7. The second kappa shape index (κ2) is 5.82. The Bertz CT molecular complexity index is 718. The fourth-order valence-corrected chi connectivity index (χ4v) is 3.09. The molecular weight excluding hydrogens is 337 g/mol. The van der Waals surface area contributed by atoms with Crippen molar-refractivity contribution < 1.29 is 30.5 Å². The van der Waals surface area contributed by atoms with Crippen LogP contribution < -0.4 is 4.18 Å². The minimum atomic E-state index is -5.75. The third-order valence-corrected chi connectivity index (χ3v) is 4.69. The number of allylic oxidation sites excluding steroid dienone is 1. The number of aromatic nitrogens is 2. The summed E-state index contributed by atoms with van der Waals surface area (Å²) in [6.45, 7) is 0.534. The van der Waals surface area contributed by atoms with Gasteiger partial charge >= 0.3 is 15.6 Å². The summed E-state index contributed by atoms with van der Waals surface area (Å²) in [6, 6.07) is 0. The SMILES string of the molecule is O=S(=O)(Oc1nn(C2CCCCO2)c2c1C=CCC2)C(F)(F)F. The van der Waals surface area contributed by atoms with E-state index in [0.29, 0.717) is 31.6 Å². The Balaban J connectivity index is 1.98. The van der Waals surface area contributed by atoms with Crippen molar-refractivity contribution in [2.45, 2.75) is 43.8 Å². The average Bonchev–Trinajstić information content (AvgIpc) is 2.86. The highest BCUT2D eigenvalue weighted by Gasteiger charge is 2.49. The number of rotatable bonds is 3. The first-order valence-electron chi connectivity index (χ1n) is 7.20. The molecule has 2 aliphatic rings. The van der Waals surface area contributed by atoms with Crippen molar-refractivity contribution in [2.24, 2.45) is 0 Å². The number of fused-ring (bicyclic) bond motifs is 1. The number of hydrogen-bond donors (Lipinski definition) is 0. The molecule has 6 nitrogen and oxygen atoms in total. The van der Waals surface area contributed by atoms with Gasteiger partial charge in [-0.25, -0.2) is 4.68 Å². The first-order chi connectivity index (χ1) is 10.8. The van der Waals surface area contributed by atoms with E-state index >= 15 is 0 Å². The number of hydrogen-bond acceptors (Lipinski definition) is 5. The van der Waals surface area contributed by atoms with Gasteiger partial charge in [-0.2, -0.15) is 21.6 Å². The summed E-state index contributed by atoms with van der Waals surface area (Å²) < 4.78 is 71.3. The van der Waals surface area contributed by atoms with Gasteiger partial charge in [0.2, 0.25) is 0 Å². The second-order valence-corrected chi connectivity index (χ2v) is 6.89. The molecule has 1 aliphatic carbocycles. The molecule has 0 N–H and O–H groups in total. The third kappa shape index (κ3) is 3.09. The Morgan fingerprint density at radius 3 is 2.78 bits per heavy atom. The van der Waals surface area contributed by atoms with Gasteiger partial charge in [0.15, 0.2) is 6.23 Å². The van der Waals surface area contributed by atoms with Crippen LogP contribution in [0.5, 0.6) is 5.88 Å². The summed E-state index contributed by atoms with van der Waals surface area (Å²) >= 11 is 0. The first kappa shape index (κ1) is 16.3. The van der Waals surface area contributed by atoms with Gasteiger partial charge < -0.3 is 8.92 Å². The number of ether oxygens (including phenoxy) is 1.